The number of amides is 1. The van der Waals surface area contributed by atoms with Crippen molar-refractivity contribution in [2.24, 2.45) is 5.73 Å². The average molecular weight is 563 g/mol. The quantitative estimate of drug-likeness (QED) is 0.351. The zero-order chi connectivity index (χ0) is 27.1. The summed E-state index contributed by atoms with van der Waals surface area (Å²) >= 11 is 12.3. The minimum absolute atomic E-state index is 0.0297. The lowest BCUT2D eigenvalue weighted by molar-refractivity contribution is -0.118. The van der Waals surface area contributed by atoms with Crippen LogP contribution in [-0.4, -0.2) is 26.8 Å². The molecule has 3 N–H and O–H groups in total. The van der Waals surface area contributed by atoms with Crippen molar-refractivity contribution in [3.8, 4) is 0 Å². The molecule has 1 aliphatic carbocycles. The molecule has 0 radical (unpaired) electrons. The number of hydrogen-bond acceptors (Lipinski definition) is 5. The van der Waals surface area contributed by atoms with Crippen LogP contribution in [0.3, 0.4) is 0 Å². The van der Waals surface area contributed by atoms with Gasteiger partial charge in [0.05, 0.1) is 12.6 Å². The second kappa shape index (κ2) is 10.2. The number of hydrogen-bond donors (Lipinski definition) is 2. The molecule has 6 rings (SSSR count). The number of rotatable bonds is 7. The fourth-order valence-electron chi connectivity index (χ4n) is 5.97. The van der Waals surface area contributed by atoms with Gasteiger partial charge in [-0.2, -0.15) is 0 Å². The molecule has 1 unspecified atom stereocenters. The minimum Gasteiger partial charge on any atom is -0.370 e. The minimum atomic E-state index is -0.479. The van der Waals surface area contributed by atoms with Gasteiger partial charge in [-0.25, -0.2) is 14.9 Å². The Morgan fingerprint density at radius 3 is 2.44 bits per heavy atom. The van der Waals surface area contributed by atoms with Gasteiger partial charge in [0.1, 0.15) is 0 Å². The topological polar surface area (TPSA) is 98.2 Å². The van der Waals surface area contributed by atoms with Crippen molar-refractivity contribution in [3.05, 3.63) is 116 Å². The van der Waals surface area contributed by atoms with E-state index in [2.05, 4.69) is 29.7 Å². The number of primary amides is 1. The number of hydrazine groups is 1. The molecule has 2 atom stereocenters. The van der Waals surface area contributed by atoms with Crippen LogP contribution in [0.2, 0.25) is 10.0 Å². The molecule has 0 saturated carbocycles. The number of aryl methyl sites for hydroxylation is 1. The predicted octanol–water partition coefficient (Wildman–Crippen LogP) is 4.23. The fraction of sp³-hybridized carbons (Fsp3) is 0.276. The average Bonchev–Trinajstić information content (AvgIpc) is 3.59. The number of nitrogens with zero attached hydrogens (tertiary/aromatic N) is 4. The molecule has 39 heavy (non-hydrogen) atoms. The number of aromatic nitrogens is 3. The molecule has 10 heteroatoms. The summed E-state index contributed by atoms with van der Waals surface area (Å²) in [6.45, 7) is 1.01. The Bertz CT molecular complexity index is 1580. The Morgan fingerprint density at radius 1 is 1.03 bits per heavy atom. The van der Waals surface area contributed by atoms with E-state index in [9.17, 15) is 9.59 Å². The summed E-state index contributed by atoms with van der Waals surface area (Å²) in [6.07, 6.45) is 1.94. The van der Waals surface area contributed by atoms with Gasteiger partial charge in [0.25, 0.3) is 0 Å². The van der Waals surface area contributed by atoms with Gasteiger partial charge in [-0.3, -0.25) is 14.4 Å². The maximum absolute atomic E-state index is 13.5. The van der Waals surface area contributed by atoms with E-state index in [0.29, 0.717) is 22.5 Å². The van der Waals surface area contributed by atoms with Crippen LogP contribution in [0, 0.1) is 0 Å². The lowest BCUT2D eigenvalue weighted by atomic mass is 9.74. The third kappa shape index (κ3) is 4.73. The maximum atomic E-state index is 13.5. The van der Waals surface area contributed by atoms with E-state index in [4.69, 9.17) is 34.0 Å². The Labute approximate surface area is 235 Å². The number of fused-ring (bicyclic) bond motifs is 2. The Kier molecular flexibility index (Phi) is 6.71. The Hall–Kier alpha value is -3.59. The molecule has 1 amide bonds. The molecule has 1 spiro atoms. The van der Waals surface area contributed by atoms with Gasteiger partial charge in [0.2, 0.25) is 11.9 Å². The van der Waals surface area contributed by atoms with Gasteiger partial charge < -0.3 is 5.73 Å². The van der Waals surface area contributed by atoms with E-state index in [1.54, 1.807) is 12.1 Å². The molecule has 200 valence electrons. The van der Waals surface area contributed by atoms with E-state index in [-0.39, 0.29) is 36.7 Å². The molecule has 4 aromatic rings. The van der Waals surface area contributed by atoms with E-state index >= 15 is 0 Å². The Balaban J connectivity index is 1.42. The molecule has 1 fully saturated rings. The van der Waals surface area contributed by atoms with Crippen LogP contribution < -0.4 is 21.9 Å². The standard InChI is InChI=1S/C29H28Cl2N6O2/c30-22-9-5-19(6-10-22)17-36-28(39)35(16-14-25(32)38)27(34-36)37-18-29(15-13-20-3-1-2-4-24(20)29)26(33-37)21-7-11-23(31)12-8-21/h1-12,26,33H,13-18H2,(H2,32,38)/t26?,29-/m0/s1. The van der Waals surface area contributed by atoms with Crippen LogP contribution in [-0.2, 0) is 29.7 Å². The molecular formula is C29H28Cl2N6O2. The summed E-state index contributed by atoms with van der Waals surface area (Å²) in [5, 5.41) is 8.02. The second-order valence-electron chi connectivity index (χ2n) is 10.2. The summed E-state index contributed by atoms with van der Waals surface area (Å²) in [7, 11) is 0. The summed E-state index contributed by atoms with van der Waals surface area (Å²) in [6, 6.07) is 23.7. The lowest BCUT2D eigenvalue weighted by Crippen LogP contribution is -2.36. The first-order valence-corrected chi connectivity index (χ1v) is 13.7. The molecule has 2 heterocycles. The number of carbonyl (C=O) groups is 1. The van der Waals surface area contributed by atoms with Gasteiger partial charge in [-0.15, -0.1) is 5.10 Å². The number of anilines is 1. The van der Waals surface area contributed by atoms with E-state index in [0.717, 1.165) is 24.0 Å². The molecule has 0 bridgehead atoms. The molecule has 3 aromatic carbocycles. The normalized spacial score (nSPS) is 20.1. The molecule has 8 nitrogen and oxygen atoms in total. The summed E-state index contributed by atoms with van der Waals surface area (Å²) < 4.78 is 2.96. The monoisotopic (exact) mass is 562 g/mol. The van der Waals surface area contributed by atoms with Crippen LogP contribution in [0.15, 0.2) is 77.6 Å². The molecular weight excluding hydrogens is 535 g/mol. The predicted molar refractivity (Wildman–Crippen MR) is 152 cm³/mol. The number of benzene rings is 3. The number of nitrogens with two attached hydrogens (primary N) is 1. The number of nitrogens with one attached hydrogen (secondary N) is 1. The molecule has 2 aliphatic rings. The third-order valence-electron chi connectivity index (χ3n) is 7.85. The highest BCUT2D eigenvalue weighted by Gasteiger charge is 2.52. The third-order valence-corrected chi connectivity index (χ3v) is 8.35. The van der Waals surface area contributed by atoms with Crippen molar-refractivity contribution in [2.45, 2.75) is 43.8 Å². The van der Waals surface area contributed by atoms with Gasteiger partial charge in [0.15, 0.2) is 0 Å². The highest BCUT2D eigenvalue weighted by Crippen LogP contribution is 2.51. The second-order valence-corrected chi connectivity index (χ2v) is 11.1. The van der Waals surface area contributed by atoms with Crippen molar-refractivity contribution in [3.63, 3.8) is 0 Å². The lowest BCUT2D eigenvalue weighted by Gasteiger charge is -2.30. The van der Waals surface area contributed by atoms with Crippen LogP contribution in [0.5, 0.6) is 0 Å². The van der Waals surface area contributed by atoms with Gasteiger partial charge in [0, 0.05) is 35.0 Å². The summed E-state index contributed by atoms with van der Waals surface area (Å²) in [4.78, 5) is 25.2. The van der Waals surface area contributed by atoms with E-state index in [1.807, 2.05) is 41.4 Å². The van der Waals surface area contributed by atoms with E-state index in [1.165, 1.54) is 20.4 Å². The van der Waals surface area contributed by atoms with Gasteiger partial charge >= 0.3 is 5.69 Å². The SMILES string of the molecule is NC(=O)CCn1c(N2C[C@]3(CCc4ccccc43)C(c3ccc(Cl)cc3)N2)nn(Cc2ccc(Cl)cc2)c1=O. The zero-order valence-electron chi connectivity index (χ0n) is 21.2. The van der Waals surface area contributed by atoms with Crippen molar-refractivity contribution < 1.29 is 4.79 Å². The smallest absolute Gasteiger partial charge is 0.347 e. The van der Waals surface area contributed by atoms with Gasteiger partial charge in [-0.05, 0) is 59.4 Å². The molecule has 1 saturated heterocycles. The number of halogens is 2. The highest BCUT2D eigenvalue weighted by atomic mass is 35.5. The first kappa shape index (κ1) is 25.7. The zero-order valence-corrected chi connectivity index (χ0v) is 22.7. The van der Waals surface area contributed by atoms with Crippen LogP contribution in [0.25, 0.3) is 0 Å². The first-order valence-electron chi connectivity index (χ1n) is 12.9. The van der Waals surface area contributed by atoms with Gasteiger partial charge in [-0.1, -0.05) is 71.7 Å². The fourth-order valence-corrected chi connectivity index (χ4v) is 6.22. The summed E-state index contributed by atoms with van der Waals surface area (Å²) in [5.41, 5.74) is 13.2. The molecule has 1 aliphatic heterocycles. The maximum Gasteiger partial charge on any atom is 0.347 e. The van der Waals surface area contributed by atoms with Crippen molar-refractivity contribution in [2.75, 3.05) is 11.6 Å². The first-order chi connectivity index (χ1) is 18.8. The molecule has 1 aromatic heterocycles. The van der Waals surface area contributed by atoms with E-state index < -0.39 is 5.91 Å². The number of carbonyl (C=O) groups excluding carboxylic acids is 1. The Morgan fingerprint density at radius 2 is 1.72 bits per heavy atom. The largest absolute Gasteiger partial charge is 0.370 e. The van der Waals surface area contributed by atoms with Crippen molar-refractivity contribution in [1.29, 1.82) is 0 Å². The van der Waals surface area contributed by atoms with Crippen LogP contribution in [0.4, 0.5) is 5.95 Å². The van der Waals surface area contributed by atoms with Crippen molar-refractivity contribution >= 4 is 35.1 Å². The van der Waals surface area contributed by atoms with Crippen LogP contribution in [0.1, 0.15) is 41.1 Å². The summed E-state index contributed by atoms with van der Waals surface area (Å²) in [5.74, 6) is -0.0247. The van der Waals surface area contributed by atoms with Crippen molar-refractivity contribution in [1.82, 2.24) is 19.8 Å². The van der Waals surface area contributed by atoms with Crippen LogP contribution >= 0.6 is 23.2 Å². The highest BCUT2D eigenvalue weighted by molar-refractivity contribution is 6.30.